The highest BCUT2D eigenvalue weighted by Gasteiger charge is 2.26. The summed E-state index contributed by atoms with van der Waals surface area (Å²) >= 11 is 0. The van der Waals surface area contributed by atoms with Gasteiger partial charge in [0.2, 0.25) is 0 Å². The second-order valence-electron chi connectivity index (χ2n) is 4.80. The summed E-state index contributed by atoms with van der Waals surface area (Å²) < 4.78 is 2.02. The van der Waals surface area contributed by atoms with Gasteiger partial charge in [0, 0.05) is 23.5 Å². The van der Waals surface area contributed by atoms with E-state index in [-0.39, 0.29) is 12.5 Å². The molecule has 19 heavy (non-hydrogen) atoms. The van der Waals surface area contributed by atoms with Crippen molar-refractivity contribution < 1.29 is 9.90 Å². The predicted molar refractivity (Wildman–Crippen MR) is 73.0 cm³/mol. The van der Waals surface area contributed by atoms with E-state index in [2.05, 4.69) is 5.32 Å². The maximum atomic E-state index is 12.3. The van der Waals surface area contributed by atoms with Crippen LogP contribution in [0.1, 0.15) is 34.9 Å². The van der Waals surface area contributed by atoms with Gasteiger partial charge < -0.3 is 15.0 Å². The molecule has 0 spiro atoms. The molecule has 1 saturated carbocycles. The molecule has 1 fully saturated rings. The molecule has 1 aromatic carbocycles. The van der Waals surface area contributed by atoms with Crippen LogP contribution in [0.25, 0.3) is 0 Å². The minimum Gasteiger partial charge on any atom is -0.392 e. The molecule has 0 bridgehead atoms. The van der Waals surface area contributed by atoms with E-state index in [0.717, 1.165) is 18.4 Å². The third-order valence-corrected chi connectivity index (χ3v) is 3.39. The van der Waals surface area contributed by atoms with Crippen molar-refractivity contribution in [2.45, 2.75) is 25.5 Å². The molecule has 2 N–H and O–H groups in total. The number of amides is 1. The topological polar surface area (TPSA) is 54.3 Å². The third kappa shape index (κ3) is 2.39. The summed E-state index contributed by atoms with van der Waals surface area (Å²) in [6, 6.07) is 11.5. The van der Waals surface area contributed by atoms with Gasteiger partial charge >= 0.3 is 0 Å². The van der Waals surface area contributed by atoms with Crippen molar-refractivity contribution in [3.8, 4) is 0 Å². The van der Waals surface area contributed by atoms with Crippen LogP contribution in [0.3, 0.4) is 0 Å². The first-order valence-corrected chi connectivity index (χ1v) is 6.46. The molecule has 4 heteroatoms. The maximum absolute atomic E-state index is 12.3. The summed E-state index contributed by atoms with van der Waals surface area (Å²) in [5.74, 6) is -0.127. The number of rotatable bonds is 4. The fraction of sp³-hybridized carbons (Fsp3) is 0.267. The Hall–Kier alpha value is -2.07. The summed E-state index contributed by atoms with van der Waals surface area (Å²) in [4.78, 5) is 12.3. The number of aromatic nitrogens is 1. The third-order valence-electron chi connectivity index (χ3n) is 3.39. The Morgan fingerprint density at radius 1 is 1.26 bits per heavy atom. The number of nitrogens with one attached hydrogen (secondary N) is 1. The smallest absolute Gasteiger partial charge is 0.272 e. The first kappa shape index (κ1) is 12.0. The number of carbonyl (C=O) groups is 1. The minimum atomic E-state index is -0.127. The van der Waals surface area contributed by atoms with Crippen molar-refractivity contribution in [1.29, 1.82) is 0 Å². The van der Waals surface area contributed by atoms with Crippen LogP contribution in [-0.2, 0) is 6.61 Å². The van der Waals surface area contributed by atoms with Crippen LogP contribution in [0.5, 0.6) is 0 Å². The Labute approximate surface area is 111 Å². The highest BCUT2D eigenvalue weighted by Crippen LogP contribution is 2.36. The van der Waals surface area contributed by atoms with Gasteiger partial charge in [-0.3, -0.25) is 4.79 Å². The van der Waals surface area contributed by atoms with E-state index in [9.17, 15) is 9.90 Å². The zero-order valence-electron chi connectivity index (χ0n) is 10.5. The lowest BCUT2D eigenvalue weighted by molar-refractivity contribution is 0.101. The van der Waals surface area contributed by atoms with Crippen molar-refractivity contribution in [3.05, 3.63) is 53.9 Å². The van der Waals surface area contributed by atoms with Crippen molar-refractivity contribution in [3.63, 3.8) is 0 Å². The normalized spacial score (nSPS) is 14.4. The van der Waals surface area contributed by atoms with Gasteiger partial charge in [-0.15, -0.1) is 0 Å². The molecule has 0 aliphatic heterocycles. The molecule has 4 nitrogen and oxygen atoms in total. The average molecular weight is 256 g/mol. The van der Waals surface area contributed by atoms with E-state index >= 15 is 0 Å². The van der Waals surface area contributed by atoms with Gasteiger partial charge in [0.05, 0.1) is 6.61 Å². The van der Waals surface area contributed by atoms with Crippen LogP contribution in [0.4, 0.5) is 5.69 Å². The highest BCUT2D eigenvalue weighted by molar-refractivity contribution is 6.03. The summed E-state index contributed by atoms with van der Waals surface area (Å²) in [7, 11) is 0. The van der Waals surface area contributed by atoms with Gasteiger partial charge in [-0.2, -0.15) is 0 Å². The average Bonchev–Trinajstić information content (AvgIpc) is 3.16. The standard InChI is InChI=1S/C15H16N2O2/c18-10-11-4-1-2-5-13(11)16-15(19)14-6-3-9-17(14)12-7-8-12/h1-6,9,12,18H,7-8,10H2,(H,16,19). The van der Waals surface area contributed by atoms with Gasteiger partial charge in [0.1, 0.15) is 5.69 Å². The molecule has 1 aromatic heterocycles. The number of carbonyl (C=O) groups excluding carboxylic acids is 1. The second-order valence-corrected chi connectivity index (χ2v) is 4.80. The first-order chi connectivity index (χ1) is 9.29. The Balaban J connectivity index is 1.82. The molecule has 2 aromatic rings. The van der Waals surface area contributed by atoms with E-state index < -0.39 is 0 Å². The van der Waals surface area contributed by atoms with Crippen molar-refractivity contribution in [1.82, 2.24) is 4.57 Å². The van der Waals surface area contributed by atoms with Crippen LogP contribution in [0.15, 0.2) is 42.6 Å². The fourth-order valence-corrected chi connectivity index (χ4v) is 2.22. The van der Waals surface area contributed by atoms with Crippen LogP contribution >= 0.6 is 0 Å². The highest BCUT2D eigenvalue weighted by atomic mass is 16.3. The van der Waals surface area contributed by atoms with Crippen LogP contribution in [0.2, 0.25) is 0 Å². The van der Waals surface area contributed by atoms with Gasteiger partial charge in [0.25, 0.3) is 5.91 Å². The number of hydrogen-bond acceptors (Lipinski definition) is 2. The van der Waals surface area contributed by atoms with Gasteiger partial charge in [-0.25, -0.2) is 0 Å². The molecule has 0 saturated heterocycles. The molecule has 1 amide bonds. The summed E-state index contributed by atoms with van der Waals surface area (Å²) in [6.45, 7) is -0.0832. The second kappa shape index (κ2) is 4.90. The summed E-state index contributed by atoms with van der Waals surface area (Å²) in [5, 5.41) is 12.1. The Morgan fingerprint density at radius 3 is 2.79 bits per heavy atom. The molecule has 0 radical (unpaired) electrons. The Bertz CT molecular complexity index is 600. The molecule has 0 atom stereocenters. The molecule has 1 heterocycles. The quantitative estimate of drug-likeness (QED) is 0.883. The molecule has 3 rings (SSSR count). The number of nitrogens with zero attached hydrogens (tertiary/aromatic N) is 1. The first-order valence-electron chi connectivity index (χ1n) is 6.46. The maximum Gasteiger partial charge on any atom is 0.272 e. The van der Waals surface area contributed by atoms with E-state index in [1.807, 2.05) is 35.0 Å². The lowest BCUT2D eigenvalue weighted by atomic mass is 10.2. The molecule has 1 aliphatic carbocycles. The Kier molecular flexibility index (Phi) is 3.09. The van der Waals surface area contributed by atoms with Gasteiger partial charge in [-0.1, -0.05) is 18.2 Å². The summed E-state index contributed by atoms with van der Waals surface area (Å²) in [5.41, 5.74) is 2.06. The summed E-state index contributed by atoms with van der Waals surface area (Å²) in [6.07, 6.45) is 4.23. The van der Waals surface area contributed by atoms with Crippen molar-refractivity contribution in [2.24, 2.45) is 0 Å². The molecular weight excluding hydrogens is 240 g/mol. The number of aliphatic hydroxyl groups is 1. The van der Waals surface area contributed by atoms with Gasteiger partial charge in [-0.05, 0) is 31.0 Å². The fourth-order valence-electron chi connectivity index (χ4n) is 2.22. The van der Waals surface area contributed by atoms with Crippen molar-refractivity contribution >= 4 is 11.6 Å². The SMILES string of the molecule is O=C(Nc1ccccc1CO)c1cccn1C1CC1. The molecule has 1 aliphatic rings. The zero-order valence-corrected chi connectivity index (χ0v) is 10.5. The predicted octanol–water partition coefficient (Wildman–Crippen LogP) is 2.57. The lowest BCUT2D eigenvalue weighted by Crippen LogP contribution is -2.17. The molecular formula is C15H16N2O2. The molecule has 0 unspecified atom stereocenters. The van der Waals surface area contributed by atoms with Gasteiger partial charge in [0.15, 0.2) is 0 Å². The molecule has 98 valence electrons. The van der Waals surface area contributed by atoms with Crippen LogP contribution in [0, 0.1) is 0 Å². The monoisotopic (exact) mass is 256 g/mol. The van der Waals surface area contributed by atoms with Crippen LogP contribution in [-0.4, -0.2) is 15.6 Å². The van der Waals surface area contributed by atoms with E-state index in [1.165, 1.54) is 0 Å². The number of para-hydroxylation sites is 1. The van der Waals surface area contributed by atoms with E-state index in [4.69, 9.17) is 0 Å². The minimum absolute atomic E-state index is 0.0832. The van der Waals surface area contributed by atoms with Crippen molar-refractivity contribution in [2.75, 3.05) is 5.32 Å². The number of anilines is 1. The lowest BCUT2D eigenvalue weighted by Gasteiger charge is -2.11. The number of aliphatic hydroxyl groups excluding tert-OH is 1. The Morgan fingerprint density at radius 2 is 2.05 bits per heavy atom. The number of hydrogen-bond donors (Lipinski definition) is 2. The van der Waals surface area contributed by atoms with E-state index in [1.54, 1.807) is 12.1 Å². The number of benzene rings is 1. The van der Waals surface area contributed by atoms with Crippen LogP contribution < -0.4 is 5.32 Å². The van der Waals surface area contributed by atoms with E-state index in [0.29, 0.717) is 17.4 Å². The zero-order chi connectivity index (χ0) is 13.2. The largest absolute Gasteiger partial charge is 0.392 e.